The van der Waals surface area contributed by atoms with Crippen molar-refractivity contribution in [1.29, 1.82) is 0 Å². The quantitative estimate of drug-likeness (QED) is 0.551. The van der Waals surface area contributed by atoms with Crippen molar-refractivity contribution in [2.24, 2.45) is 0 Å². The number of nitrogen functional groups attached to an aromatic ring is 1. The number of nitrogens with one attached hydrogen (secondary N) is 1. The average molecular weight is 432 g/mol. The maximum atomic E-state index is 13.6. The Balaban J connectivity index is 2.22. The number of aromatic amines is 1. The number of para-hydroxylation sites is 1. The number of nitrogens with zero attached hydrogens (tertiary/aromatic N) is 3. The Morgan fingerprint density at radius 2 is 2.07 bits per heavy atom. The summed E-state index contributed by atoms with van der Waals surface area (Å²) >= 11 is 6.13. The summed E-state index contributed by atoms with van der Waals surface area (Å²) in [5, 5.41) is 0.716. The van der Waals surface area contributed by atoms with E-state index in [4.69, 9.17) is 22.1 Å². The first-order valence-electron chi connectivity index (χ1n) is 9.37. The highest BCUT2D eigenvalue weighted by Gasteiger charge is 2.26. The number of amides is 1. The normalized spacial score (nSPS) is 11.0. The molecule has 1 amide bonds. The molecule has 1 aromatic carbocycles. The maximum Gasteiger partial charge on any atom is 0.330 e. The van der Waals surface area contributed by atoms with Crippen LogP contribution in [0.15, 0.2) is 39.9 Å². The van der Waals surface area contributed by atoms with Gasteiger partial charge in [-0.25, -0.2) is 9.78 Å². The predicted molar refractivity (Wildman–Crippen MR) is 116 cm³/mol. The van der Waals surface area contributed by atoms with Crippen LogP contribution < -0.4 is 21.9 Å². The Morgan fingerprint density at radius 3 is 2.77 bits per heavy atom. The fourth-order valence-corrected chi connectivity index (χ4v) is 3.45. The minimum absolute atomic E-state index is 0.0429. The van der Waals surface area contributed by atoms with Crippen LogP contribution in [-0.4, -0.2) is 40.7 Å². The van der Waals surface area contributed by atoms with E-state index in [1.165, 1.54) is 22.6 Å². The molecular weight excluding hydrogens is 410 g/mol. The number of nitrogens with two attached hydrogens (primary N) is 1. The summed E-state index contributed by atoms with van der Waals surface area (Å²) < 4.78 is 6.36. The second kappa shape index (κ2) is 9.10. The number of H-pyrrole nitrogens is 1. The van der Waals surface area contributed by atoms with E-state index in [0.717, 1.165) is 0 Å². The third kappa shape index (κ3) is 4.07. The summed E-state index contributed by atoms with van der Waals surface area (Å²) in [5.41, 5.74) is 5.48. The van der Waals surface area contributed by atoms with Gasteiger partial charge in [-0.2, -0.15) is 0 Å². The van der Waals surface area contributed by atoms with E-state index in [2.05, 4.69) is 9.97 Å². The summed E-state index contributed by atoms with van der Waals surface area (Å²) in [4.78, 5) is 46.1. The molecule has 0 spiro atoms. The monoisotopic (exact) mass is 431 g/mol. The number of methoxy groups -OCH3 is 1. The Morgan fingerprint density at radius 1 is 1.33 bits per heavy atom. The Labute approximate surface area is 177 Å². The largest absolute Gasteiger partial charge is 0.383 e. The third-order valence-electron chi connectivity index (χ3n) is 4.61. The van der Waals surface area contributed by atoms with E-state index in [1.54, 1.807) is 24.3 Å². The highest BCUT2D eigenvalue weighted by molar-refractivity contribution is 6.30. The summed E-state index contributed by atoms with van der Waals surface area (Å²) in [6, 6.07) is 8.48. The molecule has 3 aromatic rings. The number of hydrogen-bond acceptors (Lipinski definition) is 6. The third-order valence-corrected chi connectivity index (χ3v) is 4.80. The second-order valence-corrected chi connectivity index (χ2v) is 6.99. The van der Waals surface area contributed by atoms with Gasteiger partial charge in [-0.05, 0) is 18.6 Å². The number of aromatic nitrogens is 3. The average Bonchev–Trinajstić information content (AvgIpc) is 2.72. The number of anilines is 2. The lowest BCUT2D eigenvalue weighted by Gasteiger charge is -2.25. The lowest BCUT2D eigenvalue weighted by atomic mass is 10.1. The van der Waals surface area contributed by atoms with Crippen LogP contribution in [0.25, 0.3) is 10.9 Å². The first-order chi connectivity index (χ1) is 14.4. The molecule has 10 heteroatoms. The summed E-state index contributed by atoms with van der Waals surface area (Å²) in [6.45, 7) is 2.36. The van der Waals surface area contributed by atoms with Crippen LogP contribution in [0.1, 0.15) is 23.7 Å². The topological polar surface area (TPSA) is 123 Å². The molecule has 0 atom stereocenters. The summed E-state index contributed by atoms with van der Waals surface area (Å²) in [6.07, 6.45) is 0.617. The minimum Gasteiger partial charge on any atom is -0.383 e. The van der Waals surface area contributed by atoms with Gasteiger partial charge in [0.2, 0.25) is 0 Å². The van der Waals surface area contributed by atoms with Gasteiger partial charge >= 0.3 is 5.69 Å². The van der Waals surface area contributed by atoms with Crippen molar-refractivity contribution >= 4 is 39.9 Å². The van der Waals surface area contributed by atoms with Crippen LogP contribution in [0, 0.1) is 0 Å². The molecule has 9 nitrogen and oxygen atoms in total. The van der Waals surface area contributed by atoms with E-state index in [1.807, 2.05) is 6.92 Å². The molecule has 2 heterocycles. The van der Waals surface area contributed by atoms with Crippen molar-refractivity contribution in [2.75, 3.05) is 30.9 Å². The fraction of sp³-hybridized carbons (Fsp3) is 0.300. The molecule has 0 saturated heterocycles. The van der Waals surface area contributed by atoms with E-state index in [-0.39, 0.29) is 35.4 Å². The molecule has 0 aliphatic carbocycles. The highest BCUT2D eigenvalue weighted by Crippen LogP contribution is 2.25. The Bertz CT molecular complexity index is 1200. The molecule has 3 rings (SSSR count). The molecule has 30 heavy (non-hydrogen) atoms. The zero-order valence-electron chi connectivity index (χ0n) is 16.6. The van der Waals surface area contributed by atoms with Crippen LogP contribution in [0.4, 0.5) is 11.5 Å². The van der Waals surface area contributed by atoms with Crippen LogP contribution in [0.2, 0.25) is 5.15 Å². The molecule has 0 fully saturated rings. The molecule has 0 saturated carbocycles. The van der Waals surface area contributed by atoms with Crippen LogP contribution in [0.5, 0.6) is 0 Å². The van der Waals surface area contributed by atoms with Gasteiger partial charge in [0, 0.05) is 25.6 Å². The number of ether oxygens (including phenoxy) is 1. The lowest BCUT2D eigenvalue weighted by molar-refractivity contribution is 0.0977. The van der Waals surface area contributed by atoms with Crippen molar-refractivity contribution in [1.82, 2.24) is 14.5 Å². The number of halogens is 1. The van der Waals surface area contributed by atoms with E-state index >= 15 is 0 Å². The molecule has 0 aliphatic heterocycles. The van der Waals surface area contributed by atoms with Crippen LogP contribution in [0.3, 0.4) is 0 Å². The molecule has 0 bridgehead atoms. The number of rotatable bonds is 7. The second-order valence-electron chi connectivity index (χ2n) is 6.60. The molecule has 0 radical (unpaired) electrons. The standard InChI is InChI=1S/C20H22ClN5O4/c1-3-8-26-17(22)16(18(27)24-20(26)29)25(9-10-30-2)19(28)13-11-15(21)23-14-7-5-4-6-12(13)14/h4-7,11H,3,8-10,22H2,1-2H3,(H,24,27,29). The van der Waals surface area contributed by atoms with E-state index < -0.39 is 17.2 Å². The van der Waals surface area contributed by atoms with Gasteiger partial charge in [-0.15, -0.1) is 0 Å². The maximum absolute atomic E-state index is 13.6. The minimum atomic E-state index is -0.751. The van der Waals surface area contributed by atoms with Crippen molar-refractivity contribution in [3.63, 3.8) is 0 Å². The van der Waals surface area contributed by atoms with Gasteiger partial charge in [0.1, 0.15) is 11.0 Å². The van der Waals surface area contributed by atoms with E-state index in [0.29, 0.717) is 23.9 Å². The molecule has 0 unspecified atom stereocenters. The lowest BCUT2D eigenvalue weighted by Crippen LogP contribution is -2.42. The number of carbonyl (C=O) groups excluding carboxylic acids is 1. The molecular formula is C20H22ClN5O4. The van der Waals surface area contributed by atoms with Gasteiger partial charge < -0.3 is 10.5 Å². The van der Waals surface area contributed by atoms with Gasteiger partial charge in [-0.3, -0.25) is 24.0 Å². The molecule has 3 N–H and O–H groups in total. The van der Waals surface area contributed by atoms with Crippen LogP contribution in [-0.2, 0) is 11.3 Å². The smallest absolute Gasteiger partial charge is 0.330 e. The Kier molecular flexibility index (Phi) is 6.53. The molecule has 2 aromatic heterocycles. The van der Waals surface area contributed by atoms with Crippen molar-refractivity contribution in [2.45, 2.75) is 19.9 Å². The number of fused-ring (bicyclic) bond motifs is 1. The zero-order chi connectivity index (χ0) is 21.8. The van der Waals surface area contributed by atoms with Crippen molar-refractivity contribution < 1.29 is 9.53 Å². The van der Waals surface area contributed by atoms with Gasteiger partial charge in [0.15, 0.2) is 5.69 Å². The van der Waals surface area contributed by atoms with Gasteiger partial charge in [-0.1, -0.05) is 36.7 Å². The Hall–Kier alpha value is -3.17. The van der Waals surface area contributed by atoms with Crippen LogP contribution >= 0.6 is 11.6 Å². The van der Waals surface area contributed by atoms with E-state index in [9.17, 15) is 14.4 Å². The molecule has 0 aliphatic rings. The molecule has 158 valence electrons. The number of hydrogen-bond donors (Lipinski definition) is 2. The first kappa shape index (κ1) is 21.5. The van der Waals surface area contributed by atoms with Gasteiger partial charge in [0.05, 0.1) is 17.7 Å². The number of pyridine rings is 1. The van der Waals surface area contributed by atoms with Crippen molar-refractivity contribution in [3.05, 3.63) is 61.9 Å². The number of benzene rings is 1. The highest BCUT2D eigenvalue weighted by atomic mass is 35.5. The summed E-state index contributed by atoms with van der Waals surface area (Å²) in [7, 11) is 1.48. The first-order valence-corrected chi connectivity index (χ1v) is 9.75. The van der Waals surface area contributed by atoms with Gasteiger partial charge in [0.25, 0.3) is 11.5 Å². The predicted octanol–water partition coefficient (Wildman–Crippen LogP) is 2.02. The zero-order valence-corrected chi connectivity index (χ0v) is 17.4. The van der Waals surface area contributed by atoms with Crippen molar-refractivity contribution in [3.8, 4) is 0 Å². The fourth-order valence-electron chi connectivity index (χ4n) is 3.25. The SMILES string of the molecule is CCCn1c(N)c(N(CCOC)C(=O)c2cc(Cl)nc3ccccc23)c(=O)[nH]c1=O. The summed E-state index contributed by atoms with van der Waals surface area (Å²) in [5.74, 6) is -0.592. The number of carbonyl (C=O) groups is 1.